The van der Waals surface area contributed by atoms with Crippen molar-refractivity contribution in [3.05, 3.63) is 0 Å². The fourth-order valence-corrected chi connectivity index (χ4v) is 2.17. The minimum Gasteiger partial charge on any atom is -0.367 e. The van der Waals surface area contributed by atoms with Crippen LogP contribution in [0.15, 0.2) is 0 Å². The Labute approximate surface area is 87.0 Å². The number of ether oxygens (including phenoxy) is 2. The van der Waals surface area contributed by atoms with E-state index >= 15 is 0 Å². The largest absolute Gasteiger partial charge is 0.367 e. The number of unbranched alkanes of at least 4 members (excludes halogenated alkanes) is 2. The number of rotatable bonds is 7. The summed E-state index contributed by atoms with van der Waals surface area (Å²) in [4.78, 5) is 0. The summed E-state index contributed by atoms with van der Waals surface area (Å²) >= 11 is 0. The van der Waals surface area contributed by atoms with Gasteiger partial charge >= 0.3 is 0 Å². The fraction of sp³-hybridized carbons (Fsp3) is 1.00. The summed E-state index contributed by atoms with van der Waals surface area (Å²) < 4.78 is 11.3. The molecule has 0 N–H and O–H groups in total. The molecule has 0 aromatic carbocycles. The zero-order valence-electron chi connectivity index (χ0n) is 9.37. The molecule has 2 fully saturated rings. The van der Waals surface area contributed by atoms with E-state index in [0.717, 1.165) is 0 Å². The van der Waals surface area contributed by atoms with Gasteiger partial charge in [0.25, 0.3) is 0 Å². The molecule has 0 aliphatic carbocycles. The molecule has 0 saturated carbocycles. The molecule has 2 saturated heterocycles. The van der Waals surface area contributed by atoms with Crippen molar-refractivity contribution >= 4 is 0 Å². The lowest BCUT2D eigenvalue weighted by molar-refractivity contribution is 0.303. The molecule has 0 aromatic rings. The van der Waals surface area contributed by atoms with Crippen LogP contribution in [-0.4, -0.2) is 24.4 Å². The van der Waals surface area contributed by atoms with Crippen LogP contribution in [0, 0.1) is 0 Å². The summed E-state index contributed by atoms with van der Waals surface area (Å²) in [5, 5.41) is 0. The van der Waals surface area contributed by atoms with E-state index < -0.39 is 0 Å². The summed E-state index contributed by atoms with van der Waals surface area (Å²) in [6, 6.07) is 0. The summed E-state index contributed by atoms with van der Waals surface area (Å²) in [5.74, 6) is 0. The Hall–Kier alpha value is -0.0800. The van der Waals surface area contributed by atoms with E-state index in [1.54, 1.807) is 0 Å². The first-order chi connectivity index (χ1) is 6.86. The van der Waals surface area contributed by atoms with Gasteiger partial charge in [-0.1, -0.05) is 39.5 Å². The molecule has 14 heavy (non-hydrogen) atoms. The molecular formula is C12H22O2. The van der Waals surface area contributed by atoms with E-state index in [1.807, 2.05) is 0 Å². The highest BCUT2D eigenvalue weighted by molar-refractivity contribution is 5.02. The SMILES string of the molecule is CCCC[C@@H]1O[C@@H]1[C@H]1O[C@H]1CCCC. The quantitative estimate of drug-likeness (QED) is 0.588. The van der Waals surface area contributed by atoms with Crippen molar-refractivity contribution in [1.29, 1.82) is 0 Å². The maximum absolute atomic E-state index is 5.63. The van der Waals surface area contributed by atoms with Crippen LogP contribution in [0.1, 0.15) is 52.4 Å². The molecule has 2 nitrogen and oxygen atoms in total. The highest BCUT2D eigenvalue weighted by Crippen LogP contribution is 2.42. The zero-order chi connectivity index (χ0) is 9.97. The summed E-state index contributed by atoms with van der Waals surface area (Å²) in [6.45, 7) is 4.46. The van der Waals surface area contributed by atoms with Gasteiger partial charge in [-0.2, -0.15) is 0 Å². The second-order valence-electron chi connectivity index (χ2n) is 4.56. The Kier molecular flexibility index (Phi) is 3.45. The van der Waals surface area contributed by atoms with Crippen molar-refractivity contribution in [2.75, 3.05) is 0 Å². The molecule has 0 bridgehead atoms. The van der Waals surface area contributed by atoms with Crippen molar-refractivity contribution in [2.24, 2.45) is 0 Å². The second-order valence-corrected chi connectivity index (χ2v) is 4.56. The number of epoxide rings is 2. The Morgan fingerprint density at radius 3 is 1.57 bits per heavy atom. The van der Waals surface area contributed by atoms with Gasteiger partial charge in [0.1, 0.15) is 12.2 Å². The van der Waals surface area contributed by atoms with Crippen molar-refractivity contribution < 1.29 is 9.47 Å². The third-order valence-electron chi connectivity index (χ3n) is 3.25. The molecule has 0 radical (unpaired) electrons. The normalized spacial score (nSPS) is 39.9. The van der Waals surface area contributed by atoms with Gasteiger partial charge in [0.2, 0.25) is 0 Å². The van der Waals surface area contributed by atoms with Crippen molar-refractivity contribution in [1.82, 2.24) is 0 Å². The van der Waals surface area contributed by atoms with Gasteiger partial charge in [-0.3, -0.25) is 0 Å². The lowest BCUT2D eigenvalue weighted by Gasteiger charge is -1.91. The lowest BCUT2D eigenvalue weighted by Crippen LogP contribution is -2.05. The van der Waals surface area contributed by atoms with Crippen LogP contribution < -0.4 is 0 Å². The minimum atomic E-state index is 0.461. The average molecular weight is 198 g/mol. The molecule has 82 valence electrons. The van der Waals surface area contributed by atoms with Crippen LogP contribution in [0.2, 0.25) is 0 Å². The van der Waals surface area contributed by atoms with Gasteiger partial charge < -0.3 is 9.47 Å². The predicted octanol–water partition coefficient (Wildman–Crippen LogP) is 2.90. The van der Waals surface area contributed by atoms with Crippen molar-refractivity contribution in [2.45, 2.75) is 76.8 Å². The highest BCUT2D eigenvalue weighted by Gasteiger charge is 2.56. The van der Waals surface area contributed by atoms with E-state index in [1.165, 1.54) is 38.5 Å². The van der Waals surface area contributed by atoms with E-state index in [4.69, 9.17) is 9.47 Å². The van der Waals surface area contributed by atoms with Crippen LogP contribution >= 0.6 is 0 Å². The molecule has 0 amide bonds. The molecule has 0 unspecified atom stereocenters. The van der Waals surface area contributed by atoms with Gasteiger partial charge in [-0.25, -0.2) is 0 Å². The Bertz CT molecular complexity index is 161. The first-order valence-corrected chi connectivity index (χ1v) is 6.17. The zero-order valence-corrected chi connectivity index (χ0v) is 9.37. The molecule has 2 heterocycles. The molecule has 2 heteroatoms. The molecular weight excluding hydrogens is 176 g/mol. The van der Waals surface area contributed by atoms with Crippen molar-refractivity contribution in [3.8, 4) is 0 Å². The van der Waals surface area contributed by atoms with Gasteiger partial charge in [0.05, 0.1) is 12.2 Å². The molecule has 0 aromatic heterocycles. The first-order valence-electron chi connectivity index (χ1n) is 6.17. The fourth-order valence-electron chi connectivity index (χ4n) is 2.17. The standard InChI is InChI=1S/C12H22O2/c1-3-5-7-9-11(13-9)12-10(14-12)8-6-4-2/h9-12H,3-8H2,1-2H3/t9-,10-,11-,12-/m0/s1. The highest BCUT2D eigenvalue weighted by atomic mass is 16.7. The Morgan fingerprint density at radius 1 is 0.786 bits per heavy atom. The van der Waals surface area contributed by atoms with Crippen molar-refractivity contribution in [3.63, 3.8) is 0 Å². The Morgan fingerprint density at radius 2 is 1.21 bits per heavy atom. The average Bonchev–Trinajstić information content (AvgIpc) is 3.05. The predicted molar refractivity (Wildman–Crippen MR) is 56.4 cm³/mol. The molecule has 2 aliphatic rings. The molecule has 4 atom stereocenters. The summed E-state index contributed by atoms with van der Waals surface area (Å²) in [5.41, 5.74) is 0. The first kappa shape index (κ1) is 10.4. The number of hydrogen-bond donors (Lipinski definition) is 0. The number of hydrogen-bond acceptors (Lipinski definition) is 2. The van der Waals surface area contributed by atoms with Gasteiger partial charge in [0.15, 0.2) is 0 Å². The third-order valence-corrected chi connectivity index (χ3v) is 3.25. The van der Waals surface area contributed by atoms with Crippen LogP contribution in [0.3, 0.4) is 0 Å². The van der Waals surface area contributed by atoms with Gasteiger partial charge in [-0.05, 0) is 12.8 Å². The smallest absolute Gasteiger partial charge is 0.113 e. The van der Waals surface area contributed by atoms with Crippen LogP contribution in [0.5, 0.6) is 0 Å². The van der Waals surface area contributed by atoms with Crippen LogP contribution in [0.25, 0.3) is 0 Å². The second kappa shape index (κ2) is 4.63. The molecule has 2 aliphatic heterocycles. The topological polar surface area (TPSA) is 25.1 Å². The summed E-state index contributed by atoms with van der Waals surface area (Å²) in [6.07, 6.45) is 9.61. The van der Waals surface area contributed by atoms with E-state index in [2.05, 4.69) is 13.8 Å². The van der Waals surface area contributed by atoms with Crippen LogP contribution in [-0.2, 0) is 9.47 Å². The van der Waals surface area contributed by atoms with Gasteiger partial charge in [-0.15, -0.1) is 0 Å². The lowest BCUT2D eigenvalue weighted by atomic mass is 10.1. The molecule has 0 spiro atoms. The maximum Gasteiger partial charge on any atom is 0.113 e. The third kappa shape index (κ3) is 2.48. The van der Waals surface area contributed by atoms with E-state index in [0.29, 0.717) is 24.4 Å². The van der Waals surface area contributed by atoms with Gasteiger partial charge in [0, 0.05) is 0 Å². The minimum absolute atomic E-state index is 0.461. The molecule has 2 rings (SSSR count). The van der Waals surface area contributed by atoms with E-state index in [9.17, 15) is 0 Å². The van der Waals surface area contributed by atoms with E-state index in [-0.39, 0.29) is 0 Å². The van der Waals surface area contributed by atoms with Crippen LogP contribution in [0.4, 0.5) is 0 Å². The maximum atomic E-state index is 5.63. The monoisotopic (exact) mass is 198 g/mol. The summed E-state index contributed by atoms with van der Waals surface area (Å²) in [7, 11) is 0. The Balaban J connectivity index is 1.56.